The van der Waals surface area contributed by atoms with Crippen LogP contribution in [0.2, 0.25) is 0 Å². The van der Waals surface area contributed by atoms with Crippen LogP contribution in [0, 0.1) is 0 Å². The minimum atomic E-state index is -0.277. The van der Waals surface area contributed by atoms with Crippen LogP contribution in [0.25, 0.3) is 0 Å². The lowest BCUT2D eigenvalue weighted by Gasteiger charge is -2.09. The Morgan fingerprint density at radius 3 is 2.67 bits per heavy atom. The quantitative estimate of drug-likeness (QED) is 0.726. The molecule has 24 heavy (non-hydrogen) atoms. The van der Waals surface area contributed by atoms with Gasteiger partial charge in [-0.25, -0.2) is 0 Å². The smallest absolute Gasteiger partial charge is 0.276 e. The van der Waals surface area contributed by atoms with Gasteiger partial charge in [-0.2, -0.15) is 0 Å². The number of anilines is 2. The number of furan rings is 1. The Labute approximate surface area is 139 Å². The zero-order valence-electron chi connectivity index (χ0n) is 13.3. The number of benzene rings is 1. The van der Waals surface area contributed by atoms with Crippen LogP contribution in [0.3, 0.4) is 0 Å². The van der Waals surface area contributed by atoms with Gasteiger partial charge in [0.1, 0.15) is 11.6 Å². The van der Waals surface area contributed by atoms with Crippen LogP contribution in [0.5, 0.6) is 0 Å². The summed E-state index contributed by atoms with van der Waals surface area (Å²) in [5.74, 6) is 1.10. The number of aromatic nitrogens is 2. The summed E-state index contributed by atoms with van der Waals surface area (Å²) < 4.78 is 5.23. The minimum Gasteiger partial charge on any atom is -0.467 e. The van der Waals surface area contributed by atoms with E-state index in [-0.39, 0.29) is 11.6 Å². The van der Waals surface area contributed by atoms with Gasteiger partial charge in [-0.3, -0.25) is 4.79 Å². The number of para-hydroxylation sites is 1. The van der Waals surface area contributed by atoms with E-state index >= 15 is 0 Å². The monoisotopic (exact) mass is 322 g/mol. The highest BCUT2D eigenvalue weighted by Gasteiger charge is 2.10. The Hall–Kier alpha value is -3.15. The van der Waals surface area contributed by atoms with Gasteiger partial charge in [0.25, 0.3) is 5.91 Å². The van der Waals surface area contributed by atoms with Crippen molar-refractivity contribution in [1.29, 1.82) is 0 Å². The van der Waals surface area contributed by atoms with Crippen LogP contribution >= 0.6 is 0 Å². The van der Waals surface area contributed by atoms with Crippen LogP contribution in [0.1, 0.15) is 28.7 Å². The number of nitrogens with zero attached hydrogens (tertiary/aromatic N) is 2. The average molecular weight is 322 g/mol. The van der Waals surface area contributed by atoms with Crippen LogP contribution in [0.15, 0.2) is 59.2 Å². The number of nitrogens with one attached hydrogen (secondary N) is 2. The molecule has 2 heterocycles. The van der Waals surface area contributed by atoms with Gasteiger partial charge in [0.2, 0.25) is 0 Å². The first-order chi connectivity index (χ1) is 11.8. The molecule has 6 nitrogen and oxygen atoms in total. The van der Waals surface area contributed by atoms with Crippen LogP contribution in [0.4, 0.5) is 11.5 Å². The molecule has 1 amide bonds. The van der Waals surface area contributed by atoms with E-state index in [4.69, 9.17) is 4.42 Å². The van der Waals surface area contributed by atoms with Gasteiger partial charge in [0.05, 0.1) is 12.8 Å². The van der Waals surface area contributed by atoms with E-state index in [1.165, 1.54) is 0 Å². The second-order valence-corrected chi connectivity index (χ2v) is 5.20. The molecule has 0 atom stereocenters. The number of carbonyl (C=O) groups excluding carboxylic acids is 1. The molecule has 3 rings (SSSR count). The highest BCUT2D eigenvalue weighted by Crippen LogP contribution is 2.16. The van der Waals surface area contributed by atoms with Crippen LogP contribution in [-0.4, -0.2) is 16.1 Å². The predicted octanol–water partition coefficient (Wildman–Crippen LogP) is 3.50. The molecule has 0 fully saturated rings. The van der Waals surface area contributed by atoms with Gasteiger partial charge in [-0.1, -0.05) is 25.1 Å². The summed E-state index contributed by atoms with van der Waals surface area (Å²) >= 11 is 0. The number of hydrogen-bond donors (Lipinski definition) is 2. The molecule has 0 unspecified atom stereocenters. The topological polar surface area (TPSA) is 80.0 Å². The summed E-state index contributed by atoms with van der Waals surface area (Å²) in [6.07, 6.45) is 2.46. The average Bonchev–Trinajstić information content (AvgIpc) is 3.14. The third-order valence-electron chi connectivity index (χ3n) is 3.57. The Kier molecular flexibility index (Phi) is 4.86. The van der Waals surface area contributed by atoms with Crippen LogP contribution < -0.4 is 10.6 Å². The van der Waals surface area contributed by atoms with Crippen molar-refractivity contribution in [2.24, 2.45) is 0 Å². The fourth-order valence-corrected chi connectivity index (χ4v) is 2.28. The van der Waals surface area contributed by atoms with Crippen molar-refractivity contribution in [2.45, 2.75) is 19.9 Å². The van der Waals surface area contributed by atoms with Crippen molar-refractivity contribution >= 4 is 17.4 Å². The molecular formula is C18H18N4O2. The highest BCUT2D eigenvalue weighted by molar-refractivity contribution is 6.03. The summed E-state index contributed by atoms with van der Waals surface area (Å²) in [7, 11) is 0. The molecular weight excluding hydrogens is 304 g/mol. The number of aryl methyl sites for hydroxylation is 1. The third kappa shape index (κ3) is 3.78. The standard InChI is InChI=1S/C18H18N4O2/c1-2-13-6-3-4-8-15(13)20-18(23)16-9-10-17(22-21-16)19-12-14-7-5-11-24-14/h3-11H,2,12H2,1H3,(H,19,22)(H,20,23). The summed E-state index contributed by atoms with van der Waals surface area (Å²) in [6, 6.07) is 14.8. The summed E-state index contributed by atoms with van der Waals surface area (Å²) in [4.78, 5) is 12.3. The highest BCUT2D eigenvalue weighted by atomic mass is 16.3. The molecule has 0 aliphatic heterocycles. The molecule has 6 heteroatoms. The number of amides is 1. The molecule has 0 saturated heterocycles. The third-order valence-corrected chi connectivity index (χ3v) is 3.57. The Bertz CT molecular complexity index is 798. The number of carbonyl (C=O) groups is 1. The molecule has 0 aliphatic carbocycles. The maximum atomic E-state index is 12.3. The zero-order valence-corrected chi connectivity index (χ0v) is 13.3. The summed E-state index contributed by atoms with van der Waals surface area (Å²) in [5, 5.41) is 14.0. The van der Waals surface area contributed by atoms with E-state index in [1.54, 1.807) is 18.4 Å². The fourth-order valence-electron chi connectivity index (χ4n) is 2.28. The first-order valence-electron chi connectivity index (χ1n) is 7.75. The molecule has 1 aromatic carbocycles. The number of rotatable bonds is 6. The fraction of sp³-hybridized carbons (Fsp3) is 0.167. The van der Waals surface area contributed by atoms with Gasteiger partial charge < -0.3 is 15.1 Å². The van der Waals surface area contributed by atoms with Gasteiger partial charge >= 0.3 is 0 Å². The Morgan fingerprint density at radius 2 is 1.96 bits per heavy atom. The SMILES string of the molecule is CCc1ccccc1NC(=O)c1ccc(NCc2ccco2)nn1. The van der Waals surface area contributed by atoms with Gasteiger partial charge in [-0.05, 0) is 42.3 Å². The van der Waals surface area contributed by atoms with Gasteiger partial charge in [0, 0.05) is 5.69 Å². The zero-order chi connectivity index (χ0) is 16.8. The lowest BCUT2D eigenvalue weighted by atomic mass is 10.1. The molecule has 0 radical (unpaired) electrons. The maximum absolute atomic E-state index is 12.3. The largest absolute Gasteiger partial charge is 0.467 e. The summed E-state index contributed by atoms with van der Waals surface area (Å²) in [5.41, 5.74) is 2.15. The first kappa shape index (κ1) is 15.7. The second-order valence-electron chi connectivity index (χ2n) is 5.20. The second kappa shape index (κ2) is 7.41. The van der Waals surface area contributed by atoms with Crippen molar-refractivity contribution in [2.75, 3.05) is 10.6 Å². The normalized spacial score (nSPS) is 10.4. The van der Waals surface area contributed by atoms with Crippen molar-refractivity contribution in [3.8, 4) is 0 Å². The van der Waals surface area contributed by atoms with E-state index in [0.717, 1.165) is 23.4 Å². The van der Waals surface area contributed by atoms with Crippen molar-refractivity contribution in [3.05, 3.63) is 71.8 Å². The minimum absolute atomic E-state index is 0.268. The Morgan fingerprint density at radius 1 is 1.08 bits per heavy atom. The Balaban J connectivity index is 1.63. The van der Waals surface area contributed by atoms with Crippen molar-refractivity contribution in [1.82, 2.24) is 10.2 Å². The summed E-state index contributed by atoms with van der Waals surface area (Å²) in [6.45, 7) is 2.56. The van der Waals surface area contributed by atoms with E-state index in [2.05, 4.69) is 20.8 Å². The lowest BCUT2D eigenvalue weighted by Crippen LogP contribution is -2.15. The first-order valence-corrected chi connectivity index (χ1v) is 7.75. The molecule has 3 aromatic rings. The van der Waals surface area contributed by atoms with Gasteiger partial charge in [-0.15, -0.1) is 10.2 Å². The molecule has 2 N–H and O–H groups in total. The molecule has 0 bridgehead atoms. The van der Waals surface area contributed by atoms with Crippen LogP contribution in [-0.2, 0) is 13.0 Å². The molecule has 0 spiro atoms. The van der Waals surface area contributed by atoms with Crippen molar-refractivity contribution in [3.63, 3.8) is 0 Å². The molecule has 122 valence electrons. The van der Waals surface area contributed by atoms with E-state index < -0.39 is 0 Å². The molecule has 0 aliphatic rings. The van der Waals surface area contributed by atoms with E-state index in [0.29, 0.717) is 12.4 Å². The number of hydrogen-bond acceptors (Lipinski definition) is 5. The van der Waals surface area contributed by atoms with Crippen molar-refractivity contribution < 1.29 is 9.21 Å². The molecule has 0 saturated carbocycles. The molecule has 2 aromatic heterocycles. The van der Waals surface area contributed by atoms with E-state index in [9.17, 15) is 4.79 Å². The van der Waals surface area contributed by atoms with E-state index in [1.807, 2.05) is 43.3 Å². The predicted molar refractivity (Wildman–Crippen MR) is 91.8 cm³/mol. The lowest BCUT2D eigenvalue weighted by molar-refractivity contribution is 0.102. The van der Waals surface area contributed by atoms with Gasteiger partial charge in [0.15, 0.2) is 5.69 Å². The maximum Gasteiger partial charge on any atom is 0.276 e.